The number of hydrogen-bond donors (Lipinski definition) is 2. The number of nitrogens with zero attached hydrogens (tertiary/aromatic N) is 1. The summed E-state index contributed by atoms with van der Waals surface area (Å²) in [5, 5.41) is 0. The van der Waals surface area contributed by atoms with Crippen LogP contribution in [0.2, 0.25) is 0 Å². The van der Waals surface area contributed by atoms with Gasteiger partial charge in [0.25, 0.3) is 0 Å². The molecule has 8 heteroatoms. The Morgan fingerprint density at radius 3 is 2.35 bits per heavy atom. The minimum Gasteiger partial charge on any atom is -0.481 e. The normalized spacial score (nSPS) is 11.8. The highest BCUT2D eigenvalue weighted by Crippen LogP contribution is 2.14. The third-order valence-electron chi connectivity index (χ3n) is 3.25. The van der Waals surface area contributed by atoms with Crippen molar-refractivity contribution in [3.8, 4) is 5.88 Å². The van der Waals surface area contributed by atoms with E-state index in [1.807, 2.05) is 13.8 Å². The highest BCUT2D eigenvalue weighted by atomic mass is 35.5. The molecule has 0 fully saturated rings. The zero-order chi connectivity index (χ0) is 14.5. The second-order valence-corrected chi connectivity index (χ2v) is 6.20. The van der Waals surface area contributed by atoms with Gasteiger partial charge in [-0.3, -0.25) is 0 Å². The number of aromatic nitrogens is 1. The maximum Gasteiger partial charge on any atom is 0.242 e. The lowest BCUT2D eigenvalue weighted by Gasteiger charge is -2.26. The van der Waals surface area contributed by atoms with E-state index in [1.54, 1.807) is 0 Å². The molecule has 0 radical (unpaired) electrons. The van der Waals surface area contributed by atoms with Gasteiger partial charge in [-0.1, -0.05) is 13.8 Å². The molecular formula is C12H22ClN3O3S. The fraction of sp³-hybridized carbons (Fsp3) is 0.583. The number of nitrogens with one attached hydrogen (secondary N) is 1. The summed E-state index contributed by atoms with van der Waals surface area (Å²) < 4.78 is 31.5. The van der Waals surface area contributed by atoms with Gasteiger partial charge in [0, 0.05) is 18.2 Å². The molecule has 0 atom stereocenters. The van der Waals surface area contributed by atoms with E-state index in [9.17, 15) is 8.42 Å². The largest absolute Gasteiger partial charge is 0.481 e. The van der Waals surface area contributed by atoms with Crippen molar-refractivity contribution >= 4 is 22.4 Å². The standard InChI is InChI=1S/C12H21N3O3S.ClH/c1-4-12(13,5-2)9-15-19(16,17)10-6-7-11(18-3)14-8-10;/h6-8,15H,4-5,9,13H2,1-3H3;1H. The smallest absolute Gasteiger partial charge is 0.242 e. The number of nitrogens with two attached hydrogens (primary N) is 1. The van der Waals surface area contributed by atoms with E-state index < -0.39 is 15.6 Å². The van der Waals surface area contributed by atoms with Crippen molar-refractivity contribution in [3.05, 3.63) is 18.3 Å². The van der Waals surface area contributed by atoms with Crippen LogP contribution in [-0.4, -0.2) is 32.6 Å². The number of halogens is 1. The number of pyridine rings is 1. The Morgan fingerprint density at radius 2 is 1.95 bits per heavy atom. The topological polar surface area (TPSA) is 94.3 Å². The SMILES string of the molecule is CCC(N)(CC)CNS(=O)(=O)c1ccc(OC)nc1.Cl. The molecule has 0 amide bonds. The molecule has 1 aromatic heterocycles. The van der Waals surface area contributed by atoms with Gasteiger partial charge < -0.3 is 10.5 Å². The molecule has 6 nitrogen and oxygen atoms in total. The lowest BCUT2D eigenvalue weighted by Crippen LogP contribution is -2.49. The predicted octanol–water partition coefficient (Wildman–Crippen LogP) is 1.31. The number of ether oxygens (including phenoxy) is 1. The van der Waals surface area contributed by atoms with Crippen LogP contribution in [0.3, 0.4) is 0 Å². The summed E-state index contributed by atoms with van der Waals surface area (Å²) in [6, 6.07) is 2.95. The van der Waals surface area contributed by atoms with Crippen LogP contribution in [-0.2, 0) is 10.0 Å². The van der Waals surface area contributed by atoms with Crippen LogP contribution < -0.4 is 15.2 Å². The van der Waals surface area contributed by atoms with E-state index >= 15 is 0 Å². The Bertz CT molecular complexity index is 501. The lowest BCUT2D eigenvalue weighted by molar-refractivity contribution is 0.391. The lowest BCUT2D eigenvalue weighted by atomic mass is 9.95. The monoisotopic (exact) mass is 323 g/mol. The Hall–Kier alpha value is -0.890. The molecule has 0 aromatic carbocycles. The summed E-state index contributed by atoms with van der Waals surface area (Å²) in [4.78, 5) is 3.98. The third-order valence-corrected chi connectivity index (χ3v) is 4.64. The molecule has 116 valence electrons. The molecule has 0 aliphatic rings. The second-order valence-electron chi connectivity index (χ2n) is 4.43. The van der Waals surface area contributed by atoms with E-state index in [4.69, 9.17) is 10.5 Å². The summed E-state index contributed by atoms with van der Waals surface area (Å²) >= 11 is 0. The van der Waals surface area contributed by atoms with Crippen molar-refractivity contribution in [1.29, 1.82) is 0 Å². The molecule has 1 aromatic rings. The van der Waals surface area contributed by atoms with E-state index in [-0.39, 0.29) is 23.8 Å². The molecule has 0 unspecified atom stereocenters. The Balaban J connectivity index is 0.00000361. The van der Waals surface area contributed by atoms with E-state index in [0.717, 1.165) is 0 Å². The minimum atomic E-state index is -3.59. The van der Waals surface area contributed by atoms with Gasteiger partial charge in [0.2, 0.25) is 15.9 Å². The summed E-state index contributed by atoms with van der Waals surface area (Å²) in [5.74, 6) is 0.370. The first-order valence-corrected chi connectivity index (χ1v) is 7.64. The summed E-state index contributed by atoms with van der Waals surface area (Å²) in [6.07, 6.45) is 2.66. The first kappa shape index (κ1) is 19.1. The molecule has 1 rings (SSSR count). The molecule has 0 spiro atoms. The fourth-order valence-corrected chi connectivity index (χ4v) is 2.55. The van der Waals surface area contributed by atoms with Crippen LogP contribution >= 0.6 is 12.4 Å². The van der Waals surface area contributed by atoms with Gasteiger partial charge in [0.15, 0.2) is 0 Å². The van der Waals surface area contributed by atoms with Crippen LogP contribution in [0.4, 0.5) is 0 Å². The van der Waals surface area contributed by atoms with Crippen molar-refractivity contribution in [3.63, 3.8) is 0 Å². The van der Waals surface area contributed by atoms with Crippen LogP contribution in [0, 0.1) is 0 Å². The van der Waals surface area contributed by atoms with Gasteiger partial charge in [0.05, 0.1) is 13.3 Å². The van der Waals surface area contributed by atoms with Gasteiger partial charge in [-0.05, 0) is 18.9 Å². The van der Waals surface area contributed by atoms with Crippen LogP contribution in [0.15, 0.2) is 23.2 Å². The molecule has 0 bridgehead atoms. The quantitative estimate of drug-likeness (QED) is 0.789. The molecule has 1 heterocycles. The summed E-state index contributed by atoms with van der Waals surface area (Å²) in [6.45, 7) is 4.08. The number of methoxy groups -OCH3 is 1. The van der Waals surface area contributed by atoms with Crippen LogP contribution in [0.25, 0.3) is 0 Å². The molecule has 0 saturated carbocycles. The van der Waals surface area contributed by atoms with Gasteiger partial charge in [-0.25, -0.2) is 18.1 Å². The van der Waals surface area contributed by atoms with Crippen LogP contribution in [0.5, 0.6) is 5.88 Å². The Morgan fingerprint density at radius 1 is 1.35 bits per heavy atom. The Kier molecular flexibility index (Phi) is 7.43. The molecule has 0 aliphatic heterocycles. The summed E-state index contributed by atoms with van der Waals surface area (Å²) in [7, 11) is -2.11. The third kappa shape index (κ3) is 4.90. The van der Waals surface area contributed by atoms with Crippen molar-refractivity contribution in [2.45, 2.75) is 37.1 Å². The maximum atomic E-state index is 12.1. The molecule has 0 aliphatic carbocycles. The summed E-state index contributed by atoms with van der Waals surface area (Å²) in [5.41, 5.74) is 5.54. The predicted molar refractivity (Wildman–Crippen MR) is 80.7 cm³/mol. The van der Waals surface area contributed by atoms with Crippen molar-refractivity contribution in [1.82, 2.24) is 9.71 Å². The average molecular weight is 324 g/mol. The van der Waals surface area contributed by atoms with Gasteiger partial charge >= 0.3 is 0 Å². The first-order valence-electron chi connectivity index (χ1n) is 6.15. The average Bonchev–Trinajstić information content (AvgIpc) is 2.45. The van der Waals surface area contributed by atoms with E-state index in [0.29, 0.717) is 18.7 Å². The van der Waals surface area contributed by atoms with Crippen molar-refractivity contribution in [2.24, 2.45) is 5.73 Å². The Labute approximate surface area is 126 Å². The van der Waals surface area contributed by atoms with E-state index in [2.05, 4.69) is 9.71 Å². The minimum absolute atomic E-state index is 0. The molecule has 0 saturated heterocycles. The number of rotatable bonds is 7. The fourth-order valence-electron chi connectivity index (χ4n) is 1.47. The first-order chi connectivity index (χ1) is 8.87. The molecule has 3 N–H and O–H groups in total. The highest BCUT2D eigenvalue weighted by Gasteiger charge is 2.24. The van der Waals surface area contributed by atoms with Crippen molar-refractivity contribution < 1.29 is 13.2 Å². The zero-order valence-electron chi connectivity index (χ0n) is 11.9. The van der Waals surface area contributed by atoms with Gasteiger partial charge in [0.1, 0.15) is 4.90 Å². The molecular weight excluding hydrogens is 302 g/mol. The van der Waals surface area contributed by atoms with Crippen LogP contribution in [0.1, 0.15) is 26.7 Å². The highest BCUT2D eigenvalue weighted by molar-refractivity contribution is 7.89. The number of sulfonamides is 1. The van der Waals surface area contributed by atoms with Gasteiger partial charge in [-0.2, -0.15) is 0 Å². The zero-order valence-corrected chi connectivity index (χ0v) is 13.6. The molecule has 20 heavy (non-hydrogen) atoms. The van der Waals surface area contributed by atoms with Crippen molar-refractivity contribution in [2.75, 3.05) is 13.7 Å². The number of hydrogen-bond acceptors (Lipinski definition) is 5. The maximum absolute atomic E-state index is 12.1. The van der Waals surface area contributed by atoms with Gasteiger partial charge in [-0.15, -0.1) is 12.4 Å². The van der Waals surface area contributed by atoms with E-state index in [1.165, 1.54) is 25.4 Å². The second kappa shape index (κ2) is 7.78.